The van der Waals surface area contributed by atoms with Crippen LogP contribution >= 0.6 is 0 Å². The molecule has 3 aromatic carbocycles. The second kappa shape index (κ2) is 15.9. The van der Waals surface area contributed by atoms with Crippen LogP contribution < -0.4 is 9.64 Å². The highest BCUT2D eigenvalue weighted by Gasteiger charge is 2.22. The first-order chi connectivity index (χ1) is 17.3. The minimum atomic E-state index is -0.426. The van der Waals surface area contributed by atoms with Gasteiger partial charge in [-0.2, -0.15) is 5.26 Å². The van der Waals surface area contributed by atoms with Crippen molar-refractivity contribution in [3.8, 4) is 22.9 Å². The molecule has 4 heteroatoms. The highest BCUT2D eigenvalue weighted by Crippen LogP contribution is 2.34. The molecule has 0 radical (unpaired) electrons. The van der Waals surface area contributed by atoms with E-state index in [-0.39, 0.29) is 0 Å². The first kappa shape index (κ1) is 31.0. The van der Waals surface area contributed by atoms with E-state index in [0.717, 1.165) is 36.0 Å². The van der Waals surface area contributed by atoms with Gasteiger partial charge < -0.3 is 14.4 Å². The van der Waals surface area contributed by atoms with Crippen molar-refractivity contribution in [3.05, 3.63) is 60.2 Å². The van der Waals surface area contributed by atoms with Crippen LogP contribution in [-0.2, 0) is 4.74 Å². The lowest BCUT2D eigenvalue weighted by molar-refractivity contribution is 0.0628. The lowest BCUT2D eigenvalue weighted by atomic mass is 9.96. The van der Waals surface area contributed by atoms with Crippen molar-refractivity contribution in [1.29, 1.82) is 5.26 Å². The van der Waals surface area contributed by atoms with Gasteiger partial charge in [-0.1, -0.05) is 64.4 Å². The molecule has 3 rings (SSSR count). The Kier molecular flexibility index (Phi) is 13.7. The first-order valence-corrected chi connectivity index (χ1v) is 13.3. The topological polar surface area (TPSA) is 45.5 Å². The van der Waals surface area contributed by atoms with Crippen LogP contribution in [0.1, 0.15) is 73.8 Å². The summed E-state index contributed by atoms with van der Waals surface area (Å²) in [5.41, 5.74) is 3.27. The maximum atomic E-state index is 9.94. The quantitative estimate of drug-likeness (QED) is 0.300. The largest absolute Gasteiger partial charge is 0.486 e. The van der Waals surface area contributed by atoms with E-state index >= 15 is 0 Å². The monoisotopic (exact) mass is 490 g/mol. The molecule has 0 aliphatic heterocycles. The van der Waals surface area contributed by atoms with Crippen LogP contribution in [0.25, 0.3) is 21.9 Å². The van der Waals surface area contributed by atoms with Crippen molar-refractivity contribution in [1.82, 2.24) is 0 Å². The van der Waals surface area contributed by atoms with E-state index in [0.29, 0.717) is 17.9 Å². The summed E-state index contributed by atoms with van der Waals surface area (Å²) in [6.45, 7) is 19.2. The molecule has 0 N–H and O–H groups in total. The molecule has 36 heavy (non-hydrogen) atoms. The van der Waals surface area contributed by atoms with Crippen LogP contribution in [0.4, 0.5) is 5.69 Å². The van der Waals surface area contributed by atoms with E-state index in [4.69, 9.17) is 9.47 Å². The molecule has 0 saturated carbocycles. The molecule has 0 fully saturated rings. The summed E-state index contributed by atoms with van der Waals surface area (Å²) in [6.07, 6.45) is 1.99. The Balaban J connectivity index is 0.00000120. The van der Waals surface area contributed by atoms with E-state index in [2.05, 4.69) is 75.1 Å². The summed E-state index contributed by atoms with van der Waals surface area (Å²) in [4.78, 5) is 2.34. The summed E-state index contributed by atoms with van der Waals surface area (Å²) in [5, 5.41) is 12.3. The van der Waals surface area contributed by atoms with Crippen molar-refractivity contribution in [2.24, 2.45) is 0 Å². The average molecular weight is 491 g/mol. The Morgan fingerprint density at radius 3 is 2.08 bits per heavy atom. The van der Waals surface area contributed by atoms with Gasteiger partial charge in [0.05, 0.1) is 0 Å². The number of nitrogens with zero attached hydrogens (tertiary/aromatic N) is 2. The van der Waals surface area contributed by atoms with E-state index in [1.54, 1.807) is 7.11 Å². The van der Waals surface area contributed by atoms with Crippen LogP contribution in [0.15, 0.2) is 54.6 Å². The van der Waals surface area contributed by atoms with Crippen molar-refractivity contribution >= 4 is 16.5 Å². The standard InChI is InChI=1S/C27H32N2O2.C3H8.C2H6/c1-6-29(7-2)23-14-13-20-17-22(12-11-21(20)18-23)24-9-8-10-26(25(24)19-28)31-27(3,4)15-16-30-5;1-3-2;1-2/h8-14,17-18H,6-7,15-16H2,1-5H3;3H2,1-2H3;1-2H3. The normalized spacial score (nSPS) is 10.4. The van der Waals surface area contributed by atoms with Gasteiger partial charge in [0.15, 0.2) is 0 Å². The van der Waals surface area contributed by atoms with E-state index < -0.39 is 5.60 Å². The molecule has 0 heterocycles. The molecule has 3 aromatic rings. The van der Waals surface area contributed by atoms with E-state index in [1.165, 1.54) is 17.5 Å². The third kappa shape index (κ3) is 8.57. The number of fused-ring (bicyclic) bond motifs is 1. The smallest absolute Gasteiger partial charge is 0.138 e. The van der Waals surface area contributed by atoms with Gasteiger partial charge in [-0.3, -0.25) is 0 Å². The Morgan fingerprint density at radius 1 is 0.889 bits per heavy atom. The van der Waals surface area contributed by atoms with Crippen LogP contribution in [0.5, 0.6) is 5.75 Å². The van der Waals surface area contributed by atoms with Crippen molar-refractivity contribution < 1.29 is 9.47 Å². The summed E-state index contributed by atoms with van der Waals surface area (Å²) in [5.74, 6) is 0.609. The Bertz CT molecular complexity index is 1090. The van der Waals surface area contributed by atoms with Gasteiger partial charge in [-0.05, 0) is 68.3 Å². The van der Waals surface area contributed by atoms with Crippen molar-refractivity contribution in [3.63, 3.8) is 0 Å². The lowest BCUT2D eigenvalue weighted by Crippen LogP contribution is -2.30. The SMILES string of the molecule is CC.CCC.CCN(CC)c1ccc2cc(-c3cccc(OC(C)(C)CCOC)c3C#N)ccc2c1. The fourth-order valence-corrected chi connectivity index (χ4v) is 3.85. The summed E-state index contributed by atoms with van der Waals surface area (Å²) in [6, 6.07) is 21.1. The van der Waals surface area contributed by atoms with Gasteiger partial charge in [-0.25, -0.2) is 0 Å². The number of hydrogen-bond donors (Lipinski definition) is 0. The molecule has 196 valence electrons. The summed E-state index contributed by atoms with van der Waals surface area (Å²) >= 11 is 0. The van der Waals surface area contributed by atoms with E-state index in [9.17, 15) is 5.26 Å². The van der Waals surface area contributed by atoms with Crippen LogP contribution in [0.2, 0.25) is 0 Å². The number of rotatable bonds is 9. The van der Waals surface area contributed by atoms with Gasteiger partial charge in [0, 0.05) is 44.5 Å². The molecular weight excluding hydrogens is 444 g/mol. The number of benzene rings is 3. The molecule has 0 aromatic heterocycles. The predicted molar refractivity (Wildman–Crippen MR) is 156 cm³/mol. The second-order valence-electron chi connectivity index (χ2n) is 9.02. The minimum Gasteiger partial charge on any atom is -0.486 e. The highest BCUT2D eigenvalue weighted by atomic mass is 16.5. The Morgan fingerprint density at radius 2 is 1.50 bits per heavy atom. The molecule has 4 nitrogen and oxygen atoms in total. The van der Waals surface area contributed by atoms with Crippen LogP contribution in [-0.4, -0.2) is 32.4 Å². The fourth-order valence-electron chi connectivity index (χ4n) is 3.85. The zero-order chi connectivity index (χ0) is 27.1. The second-order valence-corrected chi connectivity index (χ2v) is 9.02. The molecular formula is C32H46N2O2. The molecule has 0 atom stereocenters. The minimum absolute atomic E-state index is 0.426. The summed E-state index contributed by atoms with van der Waals surface area (Å²) < 4.78 is 11.4. The maximum absolute atomic E-state index is 9.94. The van der Waals surface area contributed by atoms with Gasteiger partial charge in [0.2, 0.25) is 0 Å². The number of anilines is 1. The fraction of sp³-hybridized carbons (Fsp3) is 0.469. The predicted octanol–water partition coefficient (Wildman–Crippen LogP) is 8.86. The zero-order valence-corrected chi connectivity index (χ0v) is 23.9. The van der Waals surface area contributed by atoms with Crippen molar-refractivity contribution in [2.45, 2.75) is 73.8 Å². The van der Waals surface area contributed by atoms with Crippen LogP contribution in [0.3, 0.4) is 0 Å². The molecule has 0 amide bonds. The Hall–Kier alpha value is -3.03. The lowest BCUT2D eigenvalue weighted by Gasteiger charge is -2.27. The first-order valence-electron chi connectivity index (χ1n) is 13.3. The zero-order valence-electron chi connectivity index (χ0n) is 23.9. The third-order valence-corrected chi connectivity index (χ3v) is 5.70. The van der Waals surface area contributed by atoms with Gasteiger partial charge >= 0.3 is 0 Å². The average Bonchev–Trinajstić information content (AvgIpc) is 2.89. The van der Waals surface area contributed by atoms with E-state index in [1.807, 2.05) is 45.9 Å². The molecule has 0 aliphatic carbocycles. The number of methoxy groups -OCH3 is 1. The van der Waals surface area contributed by atoms with Gasteiger partial charge in [0.1, 0.15) is 23.0 Å². The maximum Gasteiger partial charge on any atom is 0.138 e. The summed E-state index contributed by atoms with van der Waals surface area (Å²) in [7, 11) is 1.68. The molecule has 0 unspecified atom stereocenters. The van der Waals surface area contributed by atoms with Crippen molar-refractivity contribution in [2.75, 3.05) is 31.7 Å². The highest BCUT2D eigenvalue weighted by molar-refractivity contribution is 5.91. The molecule has 0 saturated heterocycles. The van der Waals surface area contributed by atoms with Gasteiger partial charge in [-0.15, -0.1) is 0 Å². The van der Waals surface area contributed by atoms with Crippen LogP contribution in [0, 0.1) is 11.3 Å². The third-order valence-electron chi connectivity index (χ3n) is 5.70. The Labute approximate surface area is 219 Å². The number of hydrogen-bond acceptors (Lipinski definition) is 4. The molecule has 0 bridgehead atoms. The van der Waals surface area contributed by atoms with Gasteiger partial charge in [0.25, 0.3) is 0 Å². The molecule has 0 spiro atoms. The number of nitriles is 1. The molecule has 0 aliphatic rings. The number of ether oxygens (including phenoxy) is 2.